The molecule has 142 valence electrons. The van der Waals surface area contributed by atoms with E-state index in [1.54, 1.807) is 21.3 Å². The Labute approximate surface area is 161 Å². The largest absolute Gasteiger partial charge is 0.496 e. The first-order valence-corrected chi connectivity index (χ1v) is 9.21. The molecule has 1 heterocycles. The van der Waals surface area contributed by atoms with E-state index >= 15 is 0 Å². The summed E-state index contributed by atoms with van der Waals surface area (Å²) in [6.07, 6.45) is 0.230. The number of aromatic nitrogens is 1. The number of ether oxygens (including phenoxy) is 3. The molecular formula is C20H22N2O4S. The maximum absolute atomic E-state index is 12.5. The summed E-state index contributed by atoms with van der Waals surface area (Å²) in [4.78, 5) is 17.4. The molecule has 3 rings (SSSR count). The van der Waals surface area contributed by atoms with E-state index in [-0.39, 0.29) is 12.3 Å². The molecule has 0 N–H and O–H groups in total. The summed E-state index contributed by atoms with van der Waals surface area (Å²) < 4.78 is 18.9. The summed E-state index contributed by atoms with van der Waals surface area (Å²) >= 11 is 1.40. The fourth-order valence-electron chi connectivity index (χ4n) is 3.00. The van der Waals surface area contributed by atoms with Crippen LogP contribution in [0, 0.1) is 6.92 Å². The topological polar surface area (TPSA) is 62.1 Å². The van der Waals surface area contributed by atoms with Crippen molar-refractivity contribution in [1.29, 1.82) is 0 Å². The molecule has 0 radical (unpaired) electrons. The molecule has 27 heavy (non-hydrogen) atoms. The van der Waals surface area contributed by atoms with Gasteiger partial charge in [-0.3, -0.25) is 4.79 Å². The van der Waals surface area contributed by atoms with Gasteiger partial charge in [0.25, 0.3) is 5.91 Å². The van der Waals surface area contributed by atoms with E-state index in [0.717, 1.165) is 32.8 Å². The normalized spacial score (nSPS) is 11.7. The van der Waals surface area contributed by atoms with Gasteiger partial charge in [-0.25, -0.2) is 0 Å². The Morgan fingerprint density at radius 2 is 1.67 bits per heavy atom. The van der Waals surface area contributed by atoms with E-state index in [1.165, 1.54) is 11.3 Å². The van der Waals surface area contributed by atoms with Crippen molar-refractivity contribution in [3.05, 3.63) is 46.3 Å². The van der Waals surface area contributed by atoms with Crippen LogP contribution in [0.25, 0.3) is 10.2 Å². The van der Waals surface area contributed by atoms with Gasteiger partial charge < -0.3 is 18.8 Å². The molecule has 0 unspecified atom stereocenters. The molecule has 0 aliphatic heterocycles. The third-order valence-electron chi connectivity index (χ3n) is 4.35. The number of hydrogen-bond acceptors (Lipinski definition) is 5. The van der Waals surface area contributed by atoms with Gasteiger partial charge in [-0.05, 0) is 36.2 Å². The van der Waals surface area contributed by atoms with Crippen LogP contribution in [0.4, 0.5) is 0 Å². The Morgan fingerprint density at radius 1 is 1.04 bits per heavy atom. The quantitative estimate of drug-likeness (QED) is 0.675. The average molecular weight is 386 g/mol. The highest BCUT2D eigenvalue weighted by molar-refractivity contribution is 7.16. The molecule has 0 saturated heterocycles. The van der Waals surface area contributed by atoms with Gasteiger partial charge in [0, 0.05) is 7.05 Å². The van der Waals surface area contributed by atoms with Crippen molar-refractivity contribution in [2.75, 3.05) is 21.3 Å². The third kappa shape index (κ3) is 3.68. The molecule has 0 atom stereocenters. The minimum Gasteiger partial charge on any atom is -0.496 e. The average Bonchev–Trinajstić information content (AvgIpc) is 2.97. The van der Waals surface area contributed by atoms with Crippen molar-refractivity contribution in [1.82, 2.24) is 4.57 Å². The lowest BCUT2D eigenvalue weighted by Gasteiger charge is -2.07. The lowest BCUT2D eigenvalue weighted by atomic mass is 10.1. The van der Waals surface area contributed by atoms with Crippen molar-refractivity contribution in [3.63, 3.8) is 0 Å². The highest BCUT2D eigenvalue weighted by atomic mass is 32.1. The molecule has 0 saturated carbocycles. The smallest absolute Gasteiger partial charge is 0.252 e. The van der Waals surface area contributed by atoms with Gasteiger partial charge in [-0.2, -0.15) is 4.99 Å². The number of rotatable bonds is 5. The molecular weight excluding hydrogens is 364 g/mol. The van der Waals surface area contributed by atoms with Crippen LogP contribution < -0.4 is 19.0 Å². The second-order valence-electron chi connectivity index (χ2n) is 6.08. The maximum atomic E-state index is 12.5. The second kappa shape index (κ2) is 7.84. The molecule has 2 aromatic carbocycles. The zero-order valence-electron chi connectivity index (χ0n) is 16.0. The first-order chi connectivity index (χ1) is 13.0. The van der Waals surface area contributed by atoms with Gasteiger partial charge in [-0.15, -0.1) is 0 Å². The van der Waals surface area contributed by atoms with Crippen LogP contribution in [0.1, 0.15) is 11.1 Å². The summed E-state index contributed by atoms with van der Waals surface area (Å²) in [6, 6.07) is 9.40. The number of methoxy groups -OCH3 is 3. The summed E-state index contributed by atoms with van der Waals surface area (Å²) in [5.41, 5.74) is 2.75. The molecule has 7 heteroatoms. The second-order valence-corrected chi connectivity index (χ2v) is 7.06. The minimum atomic E-state index is -0.209. The predicted octanol–water partition coefficient (Wildman–Crippen LogP) is 3.24. The van der Waals surface area contributed by atoms with Gasteiger partial charge in [0.15, 0.2) is 4.80 Å². The lowest BCUT2D eigenvalue weighted by molar-refractivity contribution is -0.117. The van der Waals surface area contributed by atoms with Crippen LogP contribution in [0.3, 0.4) is 0 Å². The van der Waals surface area contributed by atoms with E-state index in [2.05, 4.69) is 4.99 Å². The summed E-state index contributed by atoms with van der Waals surface area (Å²) in [5.74, 6) is 2.04. The number of fused-ring (bicyclic) bond motifs is 1. The number of amides is 1. The third-order valence-corrected chi connectivity index (χ3v) is 5.50. The van der Waals surface area contributed by atoms with Crippen molar-refractivity contribution >= 4 is 27.5 Å². The van der Waals surface area contributed by atoms with E-state index in [9.17, 15) is 4.79 Å². The highest BCUT2D eigenvalue weighted by Crippen LogP contribution is 2.34. The first kappa shape index (κ1) is 19.0. The molecule has 0 aliphatic rings. The van der Waals surface area contributed by atoms with E-state index in [4.69, 9.17) is 14.2 Å². The highest BCUT2D eigenvalue weighted by Gasteiger charge is 2.14. The number of aryl methyl sites for hydroxylation is 2. The van der Waals surface area contributed by atoms with Crippen molar-refractivity contribution in [3.8, 4) is 17.2 Å². The number of carbonyl (C=O) groups is 1. The Kier molecular flexibility index (Phi) is 5.51. The first-order valence-electron chi connectivity index (χ1n) is 8.40. The predicted molar refractivity (Wildman–Crippen MR) is 106 cm³/mol. The van der Waals surface area contributed by atoms with Crippen molar-refractivity contribution < 1.29 is 19.0 Å². The van der Waals surface area contributed by atoms with Gasteiger partial charge in [0.2, 0.25) is 0 Å². The number of hydrogen-bond donors (Lipinski definition) is 0. The summed E-state index contributed by atoms with van der Waals surface area (Å²) in [6.45, 7) is 1.95. The summed E-state index contributed by atoms with van der Waals surface area (Å²) in [5, 5.41) is 0. The van der Waals surface area contributed by atoms with Crippen LogP contribution >= 0.6 is 11.3 Å². The van der Waals surface area contributed by atoms with Gasteiger partial charge >= 0.3 is 0 Å². The Hall–Kier alpha value is -2.80. The number of thiazole rings is 1. The molecule has 1 amide bonds. The molecule has 1 aromatic heterocycles. The van der Waals surface area contributed by atoms with Crippen LogP contribution in [0.15, 0.2) is 35.3 Å². The van der Waals surface area contributed by atoms with E-state index in [1.807, 2.05) is 48.9 Å². The standard InChI is InChI=1S/C20H22N2O4S/c1-12-10-13(6-7-14(12)24-3)11-17(23)21-20-22(2)18-15(25-4)8-9-16(26-5)19(18)27-20/h6-10H,11H2,1-5H3. The van der Waals surface area contributed by atoms with Crippen molar-refractivity contribution in [2.24, 2.45) is 12.0 Å². The fourth-order valence-corrected chi connectivity index (χ4v) is 4.15. The zero-order chi connectivity index (χ0) is 19.6. The van der Waals surface area contributed by atoms with Crippen LogP contribution in [0.2, 0.25) is 0 Å². The molecule has 0 bridgehead atoms. The molecule has 0 spiro atoms. The molecule has 0 aliphatic carbocycles. The Morgan fingerprint density at radius 3 is 2.30 bits per heavy atom. The van der Waals surface area contributed by atoms with E-state index in [0.29, 0.717) is 10.6 Å². The van der Waals surface area contributed by atoms with Crippen LogP contribution in [-0.4, -0.2) is 31.8 Å². The number of nitrogens with zero attached hydrogens (tertiary/aromatic N) is 2. The zero-order valence-corrected chi connectivity index (χ0v) is 16.8. The summed E-state index contributed by atoms with van der Waals surface area (Å²) in [7, 11) is 6.73. The fraction of sp³-hybridized carbons (Fsp3) is 0.300. The van der Waals surface area contributed by atoms with Crippen molar-refractivity contribution in [2.45, 2.75) is 13.3 Å². The minimum absolute atomic E-state index is 0.209. The number of carbonyl (C=O) groups excluding carboxylic acids is 1. The van der Waals surface area contributed by atoms with Gasteiger partial charge in [0.05, 0.1) is 27.8 Å². The molecule has 6 nitrogen and oxygen atoms in total. The monoisotopic (exact) mass is 386 g/mol. The van der Waals surface area contributed by atoms with Gasteiger partial charge in [0.1, 0.15) is 27.5 Å². The molecule has 0 fully saturated rings. The Bertz CT molecular complexity index is 1070. The van der Waals surface area contributed by atoms with E-state index < -0.39 is 0 Å². The lowest BCUT2D eigenvalue weighted by Crippen LogP contribution is -2.14. The SMILES string of the molecule is COc1ccc(CC(=O)N=c2sc3c(OC)ccc(OC)c3n2C)cc1C. The maximum Gasteiger partial charge on any atom is 0.252 e. The number of benzene rings is 2. The Balaban J connectivity index is 1.99. The van der Waals surface area contributed by atoms with Crippen LogP contribution in [0.5, 0.6) is 17.2 Å². The molecule has 3 aromatic rings. The van der Waals surface area contributed by atoms with Gasteiger partial charge in [-0.1, -0.05) is 23.5 Å². The van der Waals surface area contributed by atoms with Crippen LogP contribution in [-0.2, 0) is 18.3 Å².